The zero-order chi connectivity index (χ0) is 19.2. The molecule has 0 bridgehead atoms. The van der Waals surface area contributed by atoms with Crippen LogP contribution in [0, 0.1) is 0 Å². The predicted octanol–water partition coefficient (Wildman–Crippen LogP) is 5.75. The Balaban J connectivity index is 1.75. The summed E-state index contributed by atoms with van der Waals surface area (Å²) < 4.78 is 38.1. The van der Waals surface area contributed by atoms with Crippen molar-refractivity contribution in [3.63, 3.8) is 0 Å². The SMILES string of the molecule is CC(C)c1ccc(CCCNC(=S)Nc2cccc(C(F)(F)F)c2)cc1. The van der Waals surface area contributed by atoms with Crippen molar-refractivity contribution in [2.75, 3.05) is 11.9 Å². The fraction of sp³-hybridized carbons (Fsp3) is 0.350. The highest BCUT2D eigenvalue weighted by Crippen LogP contribution is 2.30. The first-order valence-electron chi connectivity index (χ1n) is 8.56. The molecule has 0 saturated heterocycles. The third-order valence-corrected chi connectivity index (χ3v) is 4.27. The highest BCUT2D eigenvalue weighted by atomic mass is 32.1. The number of rotatable bonds is 6. The van der Waals surface area contributed by atoms with E-state index in [1.54, 1.807) is 6.07 Å². The molecule has 0 aliphatic heterocycles. The standard InChI is InChI=1S/C20H23F3N2S/c1-14(2)16-10-8-15(9-11-16)5-4-12-24-19(26)25-18-7-3-6-17(13-18)20(21,22)23/h3,6-11,13-14H,4-5,12H2,1-2H3,(H2,24,25,26). The van der Waals surface area contributed by atoms with Gasteiger partial charge < -0.3 is 10.6 Å². The van der Waals surface area contributed by atoms with E-state index < -0.39 is 11.7 Å². The molecule has 0 amide bonds. The molecular formula is C20H23F3N2S. The number of thiocarbonyl (C=S) groups is 1. The van der Waals surface area contributed by atoms with Gasteiger partial charge in [-0.3, -0.25) is 0 Å². The van der Waals surface area contributed by atoms with Crippen molar-refractivity contribution in [3.05, 3.63) is 65.2 Å². The van der Waals surface area contributed by atoms with Crippen molar-refractivity contribution in [2.45, 2.75) is 38.8 Å². The smallest absolute Gasteiger partial charge is 0.362 e. The summed E-state index contributed by atoms with van der Waals surface area (Å²) in [6.45, 7) is 4.98. The highest BCUT2D eigenvalue weighted by Gasteiger charge is 2.30. The number of hydrogen-bond acceptors (Lipinski definition) is 1. The zero-order valence-corrected chi connectivity index (χ0v) is 15.7. The van der Waals surface area contributed by atoms with Gasteiger partial charge in [-0.2, -0.15) is 13.2 Å². The minimum Gasteiger partial charge on any atom is -0.362 e. The maximum absolute atomic E-state index is 12.7. The fourth-order valence-electron chi connectivity index (χ4n) is 2.51. The number of hydrogen-bond donors (Lipinski definition) is 2. The highest BCUT2D eigenvalue weighted by molar-refractivity contribution is 7.80. The Hall–Kier alpha value is -2.08. The molecule has 2 aromatic carbocycles. The normalized spacial score (nSPS) is 11.5. The minimum absolute atomic E-state index is 0.319. The predicted molar refractivity (Wildman–Crippen MR) is 105 cm³/mol. The van der Waals surface area contributed by atoms with Crippen molar-refractivity contribution in [1.29, 1.82) is 0 Å². The molecule has 0 radical (unpaired) electrons. The first-order valence-corrected chi connectivity index (χ1v) is 8.97. The summed E-state index contributed by atoms with van der Waals surface area (Å²) in [5, 5.41) is 6.14. The first kappa shape index (κ1) is 20.2. The van der Waals surface area contributed by atoms with Gasteiger partial charge in [-0.15, -0.1) is 0 Å². The van der Waals surface area contributed by atoms with Gasteiger partial charge in [-0.25, -0.2) is 0 Å². The molecular weight excluding hydrogens is 357 g/mol. The van der Waals surface area contributed by atoms with E-state index in [4.69, 9.17) is 12.2 Å². The Morgan fingerprint density at radius 3 is 2.38 bits per heavy atom. The molecule has 0 atom stereocenters. The third-order valence-electron chi connectivity index (χ3n) is 4.02. The van der Waals surface area contributed by atoms with E-state index in [1.807, 2.05) is 0 Å². The quantitative estimate of drug-likeness (QED) is 0.493. The van der Waals surface area contributed by atoms with E-state index in [2.05, 4.69) is 48.7 Å². The van der Waals surface area contributed by atoms with Gasteiger partial charge in [0.25, 0.3) is 0 Å². The van der Waals surface area contributed by atoms with Crippen molar-refractivity contribution in [1.82, 2.24) is 5.32 Å². The molecule has 0 heterocycles. The van der Waals surface area contributed by atoms with E-state index in [-0.39, 0.29) is 0 Å². The van der Waals surface area contributed by atoms with E-state index in [9.17, 15) is 13.2 Å². The molecule has 0 aliphatic rings. The second kappa shape index (κ2) is 9.03. The van der Waals surface area contributed by atoms with E-state index in [0.717, 1.165) is 25.0 Å². The van der Waals surface area contributed by atoms with Crippen LogP contribution in [0.25, 0.3) is 0 Å². The monoisotopic (exact) mass is 380 g/mol. The Morgan fingerprint density at radius 2 is 1.77 bits per heavy atom. The topological polar surface area (TPSA) is 24.1 Å². The van der Waals surface area contributed by atoms with Crippen molar-refractivity contribution in [3.8, 4) is 0 Å². The Bertz CT molecular complexity index is 725. The second-order valence-electron chi connectivity index (χ2n) is 6.46. The number of nitrogens with one attached hydrogen (secondary N) is 2. The van der Waals surface area contributed by atoms with Crippen molar-refractivity contribution >= 4 is 23.0 Å². The Labute approximate surface area is 157 Å². The Kier molecular flexibility index (Phi) is 7.03. The van der Waals surface area contributed by atoms with Gasteiger partial charge in [0.2, 0.25) is 0 Å². The average molecular weight is 380 g/mol. The van der Waals surface area contributed by atoms with Crippen LogP contribution in [-0.2, 0) is 12.6 Å². The summed E-state index contributed by atoms with van der Waals surface area (Å²) >= 11 is 5.15. The lowest BCUT2D eigenvalue weighted by molar-refractivity contribution is -0.137. The third kappa shape index (κ3) is 6.33. The van der Waals surface area contributed by atoms with Gasteiger partial charge in [0.15, 0.2) is 5.11 Å². The molecule has 2 nitrogen and oxygen atoms in total. The van der Waals surface area contributed by atoms with Gasteiger partial charge in [0.1, 0.15) is 0 Å². The largest absolute Gasteiger partial charge is 0.416 e. The van der Waals surface area contributed by atoms with Gasteiger partial charge in [-0.1, -0.05) is 44.2 Å². The molecule has 0 aliphatic carbocycles. The fourth-order valence-corrected chi connectivity index (χ4v) is 2.73. The van der Waals surface area contributed by atoms with Crippen LogP contribution >= 0.6 is 12.2 Å². The Morgan fingerprint density at radius 1 is 1.08 bits per heavy atom. The van der Waals surface area contributed by atoms with Gasteiger partial charge in [0.05, 0.1) is 5.56 Å². The maximum atomic E-state index is 12.7. The lowest BCUT2D eigenvalue weighted by Gasteiger charge is -2.13. The molecule has 2 N–H and O–H groups in total. The summed E-state index contributed by atoms with van der Waals surface area (Å²) in [6, 6.07) is 13.5. The van der Waals surface area contributed by atoms with E-state index in [0.29, 0.717) is 23.3 Å². The molecule has 0 unspecified atom stereocenters. The minimum atomic E-state index is -4.36. The second-order valence-corrected chi connectivity index (χ2v) is 6.87. The molecule has 0 fully saturated rings. The number of anilines is 1. The summed E-state index contributed by atoms with van der Waals surface area (Å²) in [7, 11) is 0. The summed E-state index contributed by atoms with van der Waals surface area (Å²) in [6.07, 6.45) is -2.57. The number of alkyl halides is 3. The first-order chi connectivity index (χ1) is 12.3. The molecule has 0 spiro atoms. The van der Waals surface area contributed by atoms with Crippen LogP contribution in [0.5, 0.6) is 0 Å². The summed E-state index contributed by atoms with van der Waals surface area (Å²) in [5.74, 6) is 0.519. The van der Waals surface area contributed by atoms with Crippen molar-refractivity contribution in [2.24, 2.45) is 0 Å². The molecule has 140 valence electrons. The van der Waals surface area contributed by atoms with Crippen LogP contribution in [0.3, 0.4) is 0 Å². The lowest BCUT2D eigenvalue weighted by atomic mass is 10.0. The molecule has 0 aromatic heterocycles. The van der Waals surface area contributed by atoms with Crippen LogP contribution in [0.4, 0.5) is 18.9 Å². The van der Waals surface area contributed by atoms with Gasteiger partial charge >= 0.3 is 6.18 Å². The molecule has 26 heavy (non-hydrogen) atoms. The van der Waals surface area contributed by atoms with E-state index >= 15 is 0 Å². The summed E-state index contributed by atoms with van der Waals surface area (Å²) in [5.41, 5.74) is 2.20. The van der Waals surface area contributed by atoms with Gasteiger partial charge in [-0.05, 0) is 60.3 Å². The van der Waals surface area contributed by atoms with Crippen LogP contribution in [0.1, 0.15) is 42.9 Å². The number of halogens is 3. The lowest BCUT2D eigenvalue weighted by Crippen LogP contribution is -2.29. The van der Waals surface area contributed by atoms with Crippen LogP contribution < -0.4 is 10.6 Å². The maximum Gasteiger partial charge on any atom is 0.416 e. The van der Waals surface area contributed by atoms with E-state index in [1.165, 1.54) is 17.2 Å². The van der Waals surface area contributed by atoms with Gasteiger partial charge in [0, 0.05) is 12.2 Å². The van der Waals surface area contributed by atoms with Crippen molar-refractivity contribution < 1.29 is 13.2 Å². The number of benzene rings is 2. The van der Waals surface area contributed by atoms with Crippen LogP contribution in [-0.4, -0.2) is 11.7 Å². The zero-order valence-electron chi connectivity index (χ0n) is 14.9. The molecule has 2 rings (SSSR count). The number of aryl methyl sites for hydroxylation is 1. The van der Waals surface area contributed by atoms with Crippen LogP contribution in [0.15, 0.2) is 48.5 Å². The average Bonchev–Trinajstić information content (AvgIpc) is 2.58. The molecule has 2 aromatic rings. The summed E-state index contributed by atoms with van der Waals surface area (Å²) in [4.78, 5) is 0. The molecule has 6 heteroatoms. The van der Waals surface area contributed by atoms with Crippen LogP contribution in [0.2, 0.25) is 0 Å². The molecule has 0 saturated carbocycles.